The maximum Gasteiger partial charge on any atom is 0.228 e. The summed E-state index contributed by atoms with van der Waals surface area (Å²) < 4.78 is 14.0. The number of hydrogen-bond acceptors (Lipinski definition) is 8. The molecule has 0 saturated carbocycles. The molecule has 1 aliphatic heterocycles. The standard InChI is InChI=1S/C23H24Cl2N4O3S2/c1-13-21(33-23(27-13)28-19(30)10-14-6-8-32-9-7-14)15-11-18(22(31-2)26-12-15)34-29-20-16(24)4-3-5-17(20)25/h3-5,11-12,14,29H,6-10H2,1-2H3,(H,27,28,30). The van der Waals surface area contributed by atoms with Gasteiger partial charge in [-0.25, -0.2) is 9.97 Å². The van der Waals surface area contributed by atoms with Crippen molar-refractivity contribution in [2.45, 2.75) is 31.1 Å². The summed E-state index contributed by atoms with van der Waals surface area (Å²) in [6.07, 6.45) is 4.06. The second kappa shape index (κ2) is 11.6. The molecule has 3 heterocycles. The number of anilines is 2. The van der Waals surface area contributed by atoms with Gasteiger partial charge in [-0.05, 0) is 55.8 Å². The van der Waals surface area contributed by atoms with Gasteiger partial charge in [-0.2, -0.15) is 0 Å². The van der Waals surface area contributed by atoms with E-state index in [2.05, 4.69) is 20.0 Å². The van der Waals surface area contributed by atoms with E-state index in [0.717, 1.165) is 47.1 Å². The Hall–Kier alpha value is -2.04. The van der Waals surface area contributed by atoms with Gasteiger partial charge >= 0.3 is 0 Å². The van der Waals surface area contributed by atoms with Crippen molar-refractivity contribution in [2.75, 3.05) is 30.4 Å². The van der Waals surface area contributed by atoms with Crippen LogP contribution in [-0.4, -0.2) is 36.2 Å². The van der Waals surface area contributed by atoms with Crippen molar-refractivity contribution in [1.29, 1.82) is 0 Å². The van der Waals surface area contributed by atoms with Crippen molar-refractivity contribution in [3.05, 3.63) is 46.2 Å². The smallest absolute Gasteiger partial charge is 0.228 e. The number of hydrogen-bond donors (Lipinski definition) is 2. The topological polar surface area (TPSA) is 85.4 Å². The maximum atomic E-state index is 12.5. The Kier molecular flexibility index (Phi) is 8.55. The molecule has 180 valence electrons. The molecule has 0 bridgehead atoms. The summed E-state index contributed by atoms with van der Waals surface area (Å²) in [6, 6.07) is 7.28. The van der Waals surface area contributed by atoms with Crippen LogP contribution in [0.25, 0.3) is 10.4 Å². The zero-order valence-electron chi connectivity index (χ0n) is 18.7. The number of methoxy groups -OCH3 is 1. The van der Waals surface area contributed by atoms with Gasteiger partial charge < -0.3 is 19.5 Å². The Labute approximate surface area is 216 Å². The molecule has 3 aromatic rings. The van der Waals surface area contributed by atoms with E-state index in [4.69, 9.17) is 32.7 Å². The highest BCUT2D eigenvalue weighted by Crippen LogP contribution is 2.39. The Balaban J connectivity index is 1.49. The first-order valence-corrected chi connectivity index (χ1v) is 13.1. The van der Waals surface area contributed by atoms with Crippen LogP contribution in [0.2, 0.25) is 10.0 Å². The molecule has 1 amide bonds. The monoisotopic (exact) mass is 538 g/mol. The number of thiazole rings is 1. The number of nitrogens with zero attached hydrogens (tertiary/aromatic N) is 2. The Morgan fingerprint density at radius 2 is 2.03 bits per heavy atom. The van der Waals surface area contributed by atoms with Gasteiger partial charge in [-0.15, -0.1) is 0 Å². The first-order valence-electron chi connectivity index (χ1n) is 10.7. The number of pyridine rings is 1. The zero-order chi connectivity index (χ0) is 24.1. The van der Waals surface area contributed by atoms with E-state index >= 15 is 0 Å². The molecule has 0 spiro atoms. The lowest BCUT2D eigenvalue weighted by atomic mass is 9.96. The van der Waals surface area contributed by atoms with Crippen molar-refractivity contribution in [3.63, 3.8) is 0 Å². The minimum Gasteiger partial charge on any atom is -0.480 e. The number of aryl methyl sites for hydroxylation is 1. The van der Waals surface area contributed by atoms with Crippen LogP contribution in [0.3, 0.4) is 0 Å². The Morgan fingerprint density at radius 1 is 1.29 bits per heavy atom. The number of aromatic nitrogens is 2. The van der Waals surface area contributed by atoms with Crippen LogP contribution in [0, 0.1) is 12.8 Å². The van der Waals surface area contributed by atoms with Crippen molar-refractivity contribution < 1.29 is 14.3 Å². The lowest BCUT2D eigenvalue weighted by Gasteiger charge is -2.20. The summed E-state index contributed by atoms with van der Waals surface area (Å²) in [6.45, 7) is 3.36. The number of para-hydroxylation sites is 1. The van der Waals surface area contributed by atoms with Crippen molar-refractivity contribution in [1.82, 2.24) is 9.97 Å². The fourth-order valence-electron chi connectivity index (χ4n) is 3.58. The van der Waals surface area contributed by atoms with Gasteiger partial charge in [0.15, 0.2) is 5.13 Å². The summed E-state index contributed by atoms with van der Waals surface area (Å²) in [5.41, 5.74) is 2.30. The van der Waals surface area contributed by atoms with Crippen LogP contribution < -0.4 is 14.8 Å². The van der Waals surface area contributed by atoms with Crippen LogP contribution in [0.4, 0.5) is 10.8 Å². The van der Waals surface area contributed by atoms with Gasteiger partial charge in [0.1, 0.15) is 0 Å². The molecule has 1 aromatic carbocycles. The molecular weight excluding hydrogens is 515 g/mol. The van der Waals surface area contributed by atoms with Crippen LogP contribution in [-0.2, 0) is 9.53 Å². The van der Waals surface area contributed by atoms with E-state index in [1.54, 1.807) is 31.5 Å². The molecule has 1 aliphatic rings. The summed E-state index contributed by atoms with van der Waals surface area (Å²) >= 11 is 15.3. The van der Waals surface area contributed by atoms with Crippen LogP contribution in [0.5, 0.6) is 5.88 Å². The van der Waals surface area contributed by atoms with Crippen LogP contribution in [0.15, 0.2) is 35.4 Å². The summed E-state index contributed by atoms with van der Waals surface area (Å²) in [5.74, 6) is 0.812. The van der Waals surface area contributed by atoms with Gasteiger partial charge in [-0.1, -0.05) is 40.6 Å². The minimum atomic E-state index is -0.0166. The first kappa shape index (κ1) is 25.1. The van der Waals surface area contributed by atoms with E-state index in [0.29, 0.717) is 39.1 Å². The van der Waals surface area contributed by atoms with Crippen LogP contribution in [0.1, 0.15) is 25.0 Å². The predicted molar refractivity (Wildman–Crippen MR) is 139 cm³/mol. The fraction of sp³-hybridized carbons (Fsp3) is 0.348. The van der Waals surface area contributed by atoms with Crippen molar-refractivity contribution >= 4 is 63.2 Å². The third kappa shape index (κ3) is 6.14. The third-order valence-corrected chi connectivity index (χ3v) is 7.93. The normalized spacial score (nSPS) is 14.1. The molecule has 34 heavy (non-hydrogen) atoms. The highest BCUT2D eigenvalue weighted by molar-refractivity contribution is 8.00. The number of carbonyl (C=O) groups is 1. The van der Waals surface area contributed by atoms with Gasteiger partial charge in [0.05, 0.1) is 38.3 Å². The minimum absolute atomic E-state index is 0.0166. The lowest BCUT2D eigenvalue weighted by Crippen LogP contribution is -2.22. The second-order valence-corrected chi connectivity index (χ2v) is 10.4. The molecule has 2 N–H and O–H groups in total. The van der Waals surface area contributed by atoms with E-state index in [1.165, 1.54) is 23.3 Å². The van der Waals surface area contributed by atoms with E-state index in [-0.39, 0.29) is 5.91 Å². The summed E-state index contributed by atoms with van der Waals surface area (Å²) in [4.78, 5) is 23.2. The van der Waals surface area contributed by atoms with Gasteiger partial charge in [0.25, 0.3) is 0 Å². The number of benzene rings is 1. The van der Waals surface area contributed by atoms with Crippen molar-refractivity contribution in [3.8, 4) is 16.3 Å². The number of halogens is 2. The molecule has 0 aliphatic carbocycles. The fourth-order valence-corrected chi connectivity index (χ4v) is 5.99. The number of ether oxygens (including phenoxy) is 2. The Morgan fingerprint density at radius 3 is 2.74 bits per heavy atom. The molecule has 11 heteroatoms. The molecule has 0 atom stereocenters. The third-order valence-electron chi connectivity index (χ3n) is 5.36. The van der Waals surface area contributed by atoms with Crippen LogP contribution >= 0.6 is 46.5 Å². The number of carbonyl (C=O) groups excluding carboxylic acids is 1. The van der Waals surface area contributed by atoms with Gasteiger partial charge in [0.2, 0.25) is 11.8 Å². The molecule has 2 aromatic heterocycles. The molecule has 1 saturated heterocycles. The lowest BCUT2D eigenvalue weighted by molar-refractivity contribution is -0.117. The highest BCUT2D eigenvalue weighted by atomic mass is 35.5. The predicted octanol–water partition coefficient (Wildman–Crippen LogP) is 6.70. The number of amides is 1. The second-order valence-electron chi connectivity index (χ2n) is 7.77. The van der Waals surface area contributed by atoms with E-state index < -0.39 is 0 Å². The van der Waals surface area contributed by atoms with Gasteiger partial charge in [0, 0.05) is 31.4 Å². The molecule has 1 fully saturated rings. The quantitative estimate of drug-likeness (QED) is 0.308. The van der Waals surface area contributed by atoms with Gasteiger partial charge in [-0.3, -0.25) is 4.79 Å². The summed E-state index contributed by atoms with van der Waals surface area (Å²) in [5, 5.41) is 4.56. The van der Waals surface area contributed by atoms with Crippen molar-refractivity contribution in [2.24, 2.45) is 5.92 Å². The average molecular weight is 540 g/mol. The SMILES string of the molecule is COc1ncc(-c2sc(NC(=O)CC3CCOCC3)nc2C)cc1SNc1c(Cl)cccc1Cl. The first-order chi connectivity index (χ1) is 16.4. The maximum absolute atomic E-state index is 12.5. The molecule has 0 unspecified atom stereocenters. The van der Waals surface area contributed by atoms with E-state index in [9.17, 15) is 4.79 Å². The molecular formula is C23H24Cl2N4O3S2. The Bertz CT molecular complexity index is 1150. The average Bonchev–Trinajstić information content (AvgIpc) is 3.18. The highest BCUT2D eigenvalue weighted by Gasteiger charge is 2.20. The molecule has 7 nitrogen and oxygen atoms in total. The molecule has 4 rings (SSSR count). The molecule has 0 radical (unpaired) electrons. The van der Waals surface area contributed by atoms with E-state index in [1.807, 2.05) is 13.0 Å². The zero-order valence-corrected chi connectivity index (χ0v) is 21.8. The largest absolute Gasteiger partial charge is 0.480 e. The number of nitrogens with one attached hydrogen (secondary N) is 2. The number of rotatable bonds is 8. The summed E-state index contributed by atoms with van der Waals surface area (Å²) in [7, 11) is 1.57.